The van der Waals surface area contributed by atoms with Crippen molar-refractivity contribution in [2.75, 3.05) is 0 Å². The van der Waals surface area contributed by atoms with E-state index in [0.717, 1.165) is 22.2 Å². The quantitative estimate of drug-likeness (QED) is 0.689. The van der Waals surface area contributed by atoms with Gasteiger partial charge in [-0.1, -0.05) is 0 Å². The molecule has 0 spiro atoms. The first-order valence-corrected chi connectivity index (χ1v) is 5.70. The molecule has 0 bridgehead atoms. The van der Waals surface area contributed by atoms with Gasteiger partial charge in [0.1, 0.15) is 0 Å². The molecular weight excluding hydrogens is 230 g/mol. The number of hydrogen-bond donors (Lipinski definition) is 2. The molecule has 0 unspecified atom stereocenters. The molecule has 92 valence electrons. The van der Waals surface area contributed by atoms with Crippen LogP contribution < -0.4 is 0 Å². The molecule has 1 aromatic carbocycles. The average Bonchev–Trinajstić information content (AvgIpc) is 2.74. The summed E-state index contributed by atoms with van der Waals surface area (Å²) in [7, 11) is 0. The molecule has 2 heterocycles. The summed E-state index contributed by atoms with van der Waals surface area (Å²) < 4.78 is 1.67. The molecule has 0 saturated carbocycles. The number of aromatic nitrogens is 3. The predicted molar refractivity (Wildman–Crippen MR) is 68.2 cm³/mol. The van der Waals surface area contributed by atoms with E-state index < -0.39 is 5.97 Å². The molecule has 0 aliphatic carbocycles. The van der Waals surface area contributed by atoms with Crippen LogP contribution in [-0.2, 0) is 0 Å². The van der Waals surface area contributed by atoms with Gasteiger partial charge in [0.25, 0.3) is 0 Å². The highest BCUT2D eigenvalue weighted by molar-refractivity contribution is 5.92. The minimum atomic E-state index is -0.948. The fourth-order valence-electron chi connectivity index (χ4n) is 2.29. The molecule has 3 rings (SSSR count). The molecule has 5 nitrogen and oxygen atoms in total. The summed E-state index contributed by atoms with van der Waals surface area (Å²) in [6.07, 6.45) is 0. The summed E-state index contributed by atoms with van der Waals surface area (Å²) in [5.74, 6) is -0.374. The van der Waals surface area contributed by atoms with E-state index in [1.54, 1.807) is 11.3 Å². The summed E-state index contributed by atoms with van der Waals surface area (Å²) in [5.41, 5.74) is 4.78. The van der Waals surface area contributed by atoms with Crippen LogP contribution in [0.2, 0.25) is 0 Å². The van der Waals surface area contributed by atoms with Gasteiger partial charge in [0.05, 0.1) is 11.0 Å². The van der Waals surface area contributed by atoms with Crippen molar-refractivity contribution in [2.24, 2.45) is 0 Å². The van der Waals surface area contributed by atoms with Crippen LogP contribution in [0.4, 0.5) is 0 Å². The lowest BCUT2D eigenvalue weighted by Crippen LogP contribution is -2.03. The lowest BCUT2D eigenvalue weighted by Gasteiger charge is -2.01. The molecule has 2 N–H and O–H groups in total. The zero-order valence-electron chi connectivity index (χ0n) is 10.4. The van der Waals surface area contributed by atoms with Gasteiger partial charge in [-0.25, -0.2) is 9.78 Å². The molecule has 0 amide bonds. The first kappa shape index (κ1) is 10.8. The molecule has 0 aliphatic rings. The Bertz CT molecular complexity index is 796. The van der Waals surface area contributed by atoms with E-state index in [1.165, 1.54) is 0 Å². The first-order valence-electron chi connectivity index (χ1n) is 5.70. The van der Waals surface area contributed by atoms with E-state index in [0.29, 0.717) is 11.5 Å². The van der Waals surface area contributed by atoms with Gasteiger partial charge in [-0.3, -0.25) is 4.40 Å². The maximum absolute atomic E-state index is 11.3. The predicted octanol–water partition coefficient (Wildman–Crippen LogP) is 2.44. The van der Waals surface area contributed by atoms with E-state index in [2.05, 4.69) is 9.97 Å². The lowest BCUT2D eigenvalue weighted by molar-refractivity contribution is 0.0689. The van der Waals surface area contributed by atoms with Gasteiger partial charge in [-0.15, -0.1) is 0 Å². The monoisotopic (exact) mass is 243 g/mol. The number of hydrogen-bond acceptors (Lipinski definition) is 2. The Kier molecular flexibility index (Phi) is 2.02. The second-order valence-corrected chi connectivity index (χ2v) is 4.60. The number of aromatic amines is 1. The highest BCUT2D eigenvalue weighted by atomic mass is 16.4. The number of H-pyrrole nitrogens is 1. The maximum Gasteiger partial charge on any atom is 0.354 e. The standard InChI is InChI=1S/C13H13N3O2/c1-6-4-9-10(5-7(6)2)16-11(12(17)18)8(3)14-13(16)15-9/h4-5H,1-3H3,(H,14,15)(H,17,18). The Morgan fingerprint density at radius 3 is 2.61 bits per heavy atom. The van der Waals surface area contributed by atoms with Crippen molar-refractivity contribution in [3.63, 3.8) is 0 Å². The van der Waals surface area contributed by atoms with Crippen molar-refractivity contribution in [1.82, 2.24) is 14.4 Å². The number of nitrogens with zero attached hydrogens (tertiary/aromatic N) is 2. The van der Waals surface area contributed by atoms with Crippen molar-refractivity contribution in [1.29, 1.82) is 0 Å². The number of fused-ring (bicyclic) bond motifs is 3. The van der Waals surface area contributed by atoms with Gasteiger partial charge in [0.15, 0.2) is 5.69 Å². The van der Waals surface area contributed by atoms with Crippen LogP contribution in [0.25, 0.3) is 16.8 Å². The van der Waals surface area contributed by atoms with E-state index in [1.807, 2.05) is 26.0 Å². The Hall–Kier alpha value is -2.30. The molecule has 0 fully saturated rings. The van der Waals surface area contributed by atoms with Crippen LogP contribution in [0.15, 0.2) is 12.1 Å². The fraction of sp³-hybridized carbons (Fsp3) is 0.231. The molecule has 0 atom stereocenters. The Morgan fingerprint density at radius 2 is 1.94 bits per heavy atom. The molecule has 18 heavy (non-hydrogen) atoms. The Balaban J connectivity index is 2.53. The number of carboxylic acid groups (broad SMARTS) is 1. The van der Waals surface area contributed by atoms with Crippen LogP contribution in [0, 0.1) is 20.8 Å². The zero-order chi connectivity index (χ0) is 13.0. The Labute approximate surface area is 103 Å². The maximum atomic E-state index is 11.3. The van der Waals surface area contributed by atoms with Gasteiger partial charge < -0.3 is 10.1 Å². The number of aryl methyl sites for hydroxylation is 3. The van der Waals surface area contributed by atoms with Crippen LogP contribution >= 0.6 is 0 Å². The van der Waals surface area contributed by atoms with Crippen LogP contribution in [0.3, 0.4) is 0 Å². The summed E-state index contributed by atoms with van der Waals surface area (Å²) in [6, 6.07) is 3.96. The van der Waals surface area contributed by atoms with Crippen LogP contribution in [0.1, 0.15) is 27.3 Å². The van der Waals surface area contributed by atoms with E-state index in [9.17, 15) is 9.90 Å². The SMILES string of the molecule is Cc1cc2nc3[nH]c(C)c(C(=O)O)n3c2cc1C. The minimum absolute atomic E-state index is 0.246. The molecular formula is C13H13N3O2. The van der Waals surface area contributed by atoms with Gasteiger partial charge in [0, 0.05) is 5.69 Å². The van der Waals surface area contributed by atoms with Gasteiger partial charge in [-0.2, -0.15) is 0 Å². The smallest absolute Gasteiger partial charge is 0.354 e. The van der Waals surface area contributed by atoms with Gasteiger partial charge >= 0.3 is 5.97 Å². The second-order valence-electron chi connectivity index (χ2n) is 4.60. The third kappa shape index (κ3) is 1.27. The lowest BCUT2D eigenvalue weighted by atomic mass is 10.1. The topological polar surface area (TPSA) is 70.4 Å². The largest absolute Gasteiger partial charge is 0.477 e. The van der Waals surface area contributed by atoms with E-state index in [4.69, 9.17) is 0 Å². The number of carbonyl (C=O) groups is 1. The molecule has 5 heteroatoms. The highest BCUT2D eigenvalue weighted by Gasteiger charge is 2.19. The summed E-state index contributed by atoms with van der Waals surface area (Å²) in [5, 5.41) is 9.29. The Morgan fingerprint density at radius 1 is 1.28 bits per heavy atom. The minimum Gasteiger partial charge on any atom is -0.477 e. The number of benzene rings is 1. The van der Waals surface area contributed by atoms with Crippen molar-refractivity contribution < 1.29 is 9.90 Å². The number of carboxylic acids is 1. The molecule has 3 aromatic rings. The number of rotatable bonds is 1. The number of imidazole rings is 2. The highest BCUT2D eigenvalue weighted by Crippen LogP contribution is 2.23. The zero-order valence-corrected chi connectivity index (χ0v) is 10.4. The van der Waals surface area contributed by atoms with Crippen molar-refractivity contribution in [3.8, 4) is 0 Å². The summed E-state index contributed by atoms with van der Waals surface area (Å²) in [6.45, 7) is 5.77. The first-order chi connectivity index (χ1) is 8.49. The van der Waals surface area contributed by atoms with Crippen molar-refractivity contribution >= 4 is 22.8 Å². The average molecular weight is 243 g/mol. The van der Waals surface area contributed by atoms with Crippen molar-refractivity contribution in [2.45, 2.75) is 20.8 Å². The second kappa shape index (κ2) is 3.35. The van der Waals surface area contributed by atoms with Crippen LogP contribution in [-0.4, -0.2) is 25.4 Å². The third-order valence-electron chi connectivity index (χ3n) is 3.35. The molecule has 2 aromatic heterocycles. The summed E-state index contributed by atoms with van der Waals surface area (Å²) in [4.78, 5) is 18.8. The number of nitrogens with one attached hydrogen (secondary N) is 1. The molecule has 0 saturated heterocycles. The van der Waals surface area contributed by atoms with E-state index >= 15 is 0 Å². The van der Waals surface area contributed by atoms with E-state index in [-0.39, 0.29) is 5.69 Å². The van der Waals surface area contributed by atoms with Crippen LogP contribution in [0.5, 0.6) is 0 Å². The number of aromatic carboxylic acids is 1. The normalized spacial score (nSPS) is 11.5. The molecule has 0 radical (unpaired) electrons. The van der Waals surface area contributed by atoms with Crippen molar-refractivity contribution in [3.05, 3.63) is 34.6 Å². The summed E-state index contributed by atoms with van der Waals surface area (Å²) >= 11 is 0. The fourth-order valence-corrected chi connectivity index (χ4v) is 2.29. The molecule has 0 aliphatic heterocycles. The van der Waals surface area contributed by atoms with Gasteiger partial charge in [0.2, 0.25) is 5.78 Å². The third-order valence-corrected chi connectivity index (χ3v) is 3.35. The van der Waals surface area contributed by atoms with Gasteiger partial charge in [-0.05, 0) is 44.0 Å².